The molecule has 0 amide bonds. The van der Waals surface area contributed by atoms with Crippen molar-refractivity contribution in [1.29, 1.82) is 0 Å². The summed E-state index contributed by atoms with van der Waals surface area (Å²) in [5.74, 6) is 0.711. The Kier molecular flexibility index (Phi) is 6.83. The molecule has 0 saturated heterocycles. The van der Waals surface area contributed by atoms with Crippen molar-refractivity contribution in [3.8, 4) is 11.3 Å². The van der Waals surface area contributed by atoms with Gasteiger partial charge in [0.15, 0.2) is 15.3 Å². The zero-order chi connectivity index (χ0) is 24.7. The van der Waals surface area contributed by atoms with Crippen LogP contribution in [0, 0.1) is 0 Å². The first kappa shape index (κ1) is 24.8. The topological polar surface area (TPSA) is 69.2 Å². The minimum atomic E-state index is -4.63. The summed E-state index contributed by atoms with van der Waals surface area (Å²) in [4.78, 5) is 9.09. The smallest absolute Gasteiger partial charge is 0.416 e. The van der Waals surface area contributed by atoms with E-state index in [2.05, 4.69) is 0 Å². The minimum absolute atomic E-state index is 0.0598. The molecule has 1 aliphatic rings. The summed E-state index contributed by atoms with van der Waals surface area (Å²) in [6, 6.07) is 11.1. The Morgan fingerprint density at radius 2 is 1.74 bits per heavy atom. The van der Waals surface area contributed by atoms with E-state index in [0.29, 0.717) is 29.8 Å². The van der Waals surface area contributed by atoms with E-state index in [0.717, 1.165) is 34.6 Å². The highest BCUT2D eigenvalue weighted by atomic mass is 35.5. The van der Waals surface area contributed by atoms with E-state index >= 15 is 0 Å². The summed E-state index contributed by atoms with van der Waals surface area (Å²) in [7, 11) is -4.13. The van der Waals surface area contributed by atoms with Crippen LogP contribution >= 0.6 is 11.6 Å². The number of hydrogen-bond donors (Lipinski definition) is 0. The van der Waals surface area contributed by atoms with Crippen molar-refractivity contribution >= 4 is 22.0 Å². The molecule has 0 radical (unpaired) electrons. The first-order chi connectivity index (χ1) is 16.0. The largest absolute Gasteiger partial charge is 0.593 e. The molecule has 0 fully saturated rings. The normalized spacial score (nSPS) is 16.7. The average molecular weight is 510 g/mol. The van der Waals surface area contributed by atoms with Gasteiger partial charge in [-0.15, -0.1) is 4.31 Å². The predicted molar refractivity (Wildman–Crippen MR) is 124 cm³/mol. The van der Waals surface area contributed by atoms with E-state index in [9.17, 15) is 21.9 Å². The lowest BCUT2D eigenvalue weighted by molar-refractivity contribution is -0.137. The van der Waals surface area contributed by atoms with Crippen LogP contribution in [0.5, 0.6) is 0 Å². The fourth-order valence-electron chi connectivity index (χ4n) is 3.92. The monoisotopic (exact) mass is 509 g/mol. The van der Waals surface area contributed by atoms with Crippen molar-refractivity contribution in [2.45, 2.75) is 43.7 Å². The van der Waals surface area contributed by atoms with Gasteiger partial charge < -0.3 is 4.55 Å². The van der Waals surface area contributed by atoms with Crippen LogP contribution in [0.4, 0.5) is 13.2 Å². The van der Waals surface area contributed by atoms with Crippen LogP contribution < -0.4 is 0 Å². The second kappa shape index (κ2) is 9.37. The second-order valence-electron chi connectivity index (χ2n) is 8.45. The van der Waals surface area contributed by atoms with Crippen molar-refractivity contribution < 1.29 is 21.9 Å². The third-order valence-corrected chi connectivity index (χ3v) is 7.90. The van der Waals surface area contributed by atoms with Crippen molar-refractivity contribution in [2.75, 3.05) is 13.1 Å². The molecular weight excluding hydrogens is 487 g/mol. The molecule has 3 aromatic rings. The van der Waals surface area contributed by atoms with E-state index < -0.39 is 22.1 Å². The lowest BCUT2D eigenvalue weighted by Crippen LogP contribution is -2.38. The van der Waals surface area contributed by atoms with Gasteiger partial charge in [-0.1, -0.05) is 47.9 Å². The molecule has 4 rings (SSSR count). The zero-order valence-corrected chi connectivity index (χ0v) is 20.2. The summed E-state index contributed by atoms with van der Waals surface area (Å²) in [6.07, 6.45) is -3.96. The van der Waals surface area contributed by atoms with Gasteiger partial charge in [-0.05, 0) is 30.7 Å². The second-order valence-corrected chi connectivity index (χ2v) is 10.8. The van der Waals surface area contributed by atoms with Gasteiger partial charge in [-0.25, -0.2) is 9.97 Å². The van der Waals surface area contributed by atoms with E-state index in [1.165, 1.54) is 10.4 Å². The molecule has 1 aliphatic heterocycles. The van der Waals surface area contributed by atoms with Crippen molar-refractivity contribution in [3.05, 3.63) is 76.2 Å². The molecule has 0 aliphatic carbocycles. The van der Waals surface area contributed by atoms with Gasteiger partial charge in [0, 0.05) is 53.3 Å². The summed E-state index contributed by atoms with van der Waals surface area (Å²) in [6.45, 7) is 4.18. The highest BCUT2D eigenvalue weighted by Crippen LogP contribution is 2.34. The maximum atomic E-state index is 13.2. The first-order valence-electron chi connectivity index (χ1n) is 10.8. The van der Waals surface area contributed by atoms with Gasteiger partial charge in [0.05, 0.1) is 11.3 Å². The fourth-order valence-corrected chi connectivity index (χ4v) is 5.54. The van der Waals surface area contributed by atoms with E-state index in [4.69, 9.17) is 21.6 Å². The van der Waals surface area contributed by atoms with Gasteiger partial charge in [-0.3, -0.25) is 0 Å². The number of benzene rings is 2. The number of halogens is 4. The Bertz CT molecular complexity index is 1250. The lowest BCUT2D eigenvalue weighted by atomic mass is 10.00. The standard InChI is InChI=1S/C24H23ClF3N3O2S/c1-15(2)23-29-21-11-13-31(34(32,33)19-5-3-4-17(14-19)24(26,27)28)12-10-20(21)22(30-23)16-6-8-18(25)9-7-16/h3-9,14-15H,10-13H2,1-2H3. The molecule has 0 saturated carbocycles. The maximum absolute atomic E-state index is 13.2. The predicted octanol–water partition coefficient (Wildman–Crippen LogP) is 5.94. The molecule has 2 heterocycles. The number of nitrogens with zero attached hydrogens (tertiary/aromatic N) is 3. The number of rotatable bonds is 4. The average Bonchev–Trinajstić information content (AvgIpc) is 3.02. The Morgan fingerprint density at radius 1 is 1.06 bits per heavy atom. The van der Waals surface area contributed by atoms with E-state index in [1.54, 1.807) is 12.1 Å². The number of alkyl halides is 3. The molecule has 5 nitrogen and oxygen atoms in total. The van der Waals surface area contributed by atoms with Crippen LogP contribution in [0.25, 0.3) is 11.3 Å². The third kappa shape index (κ3) is 5.02. The van der Waals surface area contributed by atoms with Crippen molar-refractivity contribution in [3.63, 3.8) is 0 Å². The lowest BCUT2D eigenvalue weighted by Gasteiger charge is -2.26. The summed E-state index contributed by atoms with van der Waals surface area (Å²) < 4.78 is 67.2. The molecule has 1 aromatic heterocycles. The Labute approximate surface area is 202 Å². The maximum Gasteiger partial charge on any atom is 0.416 e. The summed E-state index contributed by atoms with van der Waals surface area (Å²) in [5.41, 5.74) is 2.17. The Hall–Kier alpha value is -2.33. The number of fused-ring (bicyclic) bond motifs is 1. The third-order valence-electron chi connectivity index (χ3n) is 5.75. The Balaban J connectivity index is 1.70. The van der Waals surface area contributed by atoms with Crippen LogP contribution in [0.15, 0.2) is 53.4 Å². The molecule has 0 bridgehead atoms. The number of sulfonamides is 1. The zero-order valence-electron chi connectivity index (χ0n) is 18.6. The molecule has 34 heavy (non-hydrogen) atoms. The van der Waals surface area contributed by atoms with Crippen molar-refractivity contribution in [2.24, 2.45) is 0 Å². The van der Waals surface area contributed by atoms with Gasteiger partial charge >= 0.3 is 6.18 Å². The van der Waals surface area contributed by atoms with Gasteiger partial charge in [0.1, 0.15) is 5.82 Å². The number of aromatic nitrogens is 2. The highest BCUT2D eigenvalue weighted by Gasteiger charge is 2.36. The van der Waals surface area contributed by atoms with Gasteiger partial charge in [-0.2, -0.15) is 13.2 Å². The van der Waals surface area contributed by atoms with Crippen molar-refractivity contribution in [1.82, 2.24) is 14.3 Å². The van der Waals surface area contributed by atoms with Crippen LogP contribution in [0.3, 0.4) is 0 Å². The Morgan fingerprint density at radius 3 is 2.38 bits per heavy atom. The fraction of sp³-hybridized carbons (Fsp3) is 0.333. The molecule has 10 heteroatoms. The SMILES string of the molecule is CC(C)c1nc2c(c(-c3ccc(Cl)cc3)n1)CCN([S+](=O)([O-])c1cccc(C(F)(F)F)c1)CC2. The van der Waals surface area contributed by atoms with Crippen LogP contribution in [0.2, 0.25) is 5.02 Å². The molecule has 1 atom stereocenters. The van der Waals surface area contributed by atoms with Crippen LogP contribution in [0.1, 0.15) is 42.4 Å². The summed E-state index contributed by atoms with van der Waals surface area (Å²) >= 11 is 6.04. The minimum Gasteiger partial charge on any atom is -0.593 e. The molecule has 0 N–H and O–H groups in total. The highest BCUT2D eigenvalue weighted by molar-refractivity contribution is 7.95. The van der Waals surface area contributed by atoms with Gasteiger partial charge in [0.2, 0.25) is 0 Å². The van der Waals surface area contributed by atoms with E-state index in [-0.39, 0.29) is 23.9 Å². The molecule has 2 aromatic carbocycles. The molecular formula is C24H23ClF3N3O2S. The van der Waals surface area contributed by atoms with Crippen LogP contribution in [-0.2, 0) is 33.6 Å². The molecule has 0 spiro atoms. The quantitative estimate of drug-likeness (QED) is 0.408. The summed E-state index contributed by atoms with van der Waals surface area (Å²) in [5, 5.41) is 0.589. The molecule has 180 valence electrons. The van der Waals surface area contributed by atoms with Gasteiger partial charge in [0.25, 0.3) is 0 Å². The van der Waals surface area contributed by atoms with Crippen LogP contribution in [-0.4, -0.2) is 31.9 Å². The van der Waals surface area contributed by atoms with E-state index in [1.807, 2.05) is 26.0 Å². The number of hydrogen-bond acceptors (Lipinski definition) is 4. The molecule has 1 unspecified atom stereocenters. The first-order valence-corrected chi connectivity index (χ1v) is 12.6.